The molecule has 12 nitrogen and oxygen atoms in total. The van der Waals surface area contributed by atoms with Crippen molar-refractivity contribution in [2.45, 2.75) is 49.6 Å². The van der Waals surface area contributed by atoms with Crippen molar-refractivity contribution in [3.05, 3.63) is 42.2 Å². The second-order valence-electron chi connectivity index (χ2n) is 7.86. The summed E-state index contributed by atoms with van der Waals surface area (Å²) in [6, 6.07) is 7.37. The molecule has 1 aliphatic heterocycles. The molecule has 0 saturated carbocycles. The van der Waals surface area contributed by atoms with E-state index in [9.17, 15) is 23.1 Å². The summed E-state index contributed by atoms with van der Waals surface area (Å²) in [6.07, 6.45) is 3.31. The molecule has 1 aliphatic rings. The Morgan fingerprint density at radius 1 is 1.21 bits per heavy atom. The molecule has 2 heterocycles. The van der Waals surface area contributed by atoms with E-state index in [-0.39, 0.29) is 30.1 Å². The van der Waals surface area contributed by atoms with E-state index in [1.807, 2.05) is 6.92 Å². The number of anilines is 1. The molecule has 0 saturated heterocycles. The van der Waals surface area contributed by atoms with Gasteiger partial charge in [-0.2, -0.15) is 4.72 Å². The van der Waals surface area contributed by atoms with Gasteiger partial charge >= 0.3 is 5.97 Å². The third-order valence-electron chi connectivity index (χ3n) is 5.14. The van der Waals surface area contributed by atoms with E-state index in [1.54, 1.807) is 12.3 Å². The van der Waals surface area contributed by atoms with Crippen molar-refractivity contribution < 1.29 is 28.0 Å². The van der Waals surface area contributed by atoms with Gasteiger partial charge in [-0.3, -0.25) is 4.79 Å². The molecule has 0 radical (unpaired) electrons. The van der Waals surface area contributed by atoms with Gasteiger partial charge in [-0.15, -0.1) is 0 Å². The predicted molar refractivity (Wildman–Crippen MR) is 124 cm³/mol. The Kier molecular flexibility index (Phi) is 8.23. The molecular formula is C21H28N6O6S. The molecular weight excluding hydrogens is 464 g/mol. The topological polar surface area (TPSA) is 175 Å². The monoisotopic (exact) mass is 492 g/mol. The number of hydrogen-bond acceptors (Lipinski definition) is 8. The highest BCUT2D eigenvalue weighted by molar-refractivity contribution is 7.89. The molecule has 34 heavy (non-hydrogen) atoms. The maximum atomic E-state index is 12.9. The van der Waals surface area contributed by atoms with Gasteiger partial charge in [0, 0.05) is 24.9 Å². The summed E-state index contributed by atoms with van der Waals surface area (Å²) in [5.74, 6) is -1.69. The number of nitrogens with one attached hydrogen (secondary N) is 4. The van der Waals surface area contributed by atoms with Crippen molar-refractivity contribution >= 4 is 33.6 Å². The average Bonchev–Trinajstić information content (AvgIpc) is 3.48. The molecule has 13 heteroatoms. The van der Waals surface area contributed by atoms with Crippen molar-refractivity contribution in [1.82, 2.24) is 20.0 Å². The summed E-state index contributed by atoms with van der Waals surface area (Å²) in [6.45, 7) is 2.67. The number of aromatic nitrogens is 2. The molecule has 1 amide bonds. The smallest absolute Gasteiger partial charge is 0.345 e. The zero-order valence-corrected chi connectivity index (χ0v) is 19.5. The van der Waals surface area contributed by atoms with Crippen LogP contribution in [0.5, 0.6) is 0 Å². The third kappa shape index (κ3) is 6.54. The first-order valence-corrected chi connectivity index (χ1v) is 12.3. The molecule has 0 aliphatic carbocycles. The number of carboxylic acid groups (broad SMARTS) is 1. The number of rotatable bonds is 13. The van der Waals surface area contributed by atoms with Gasteiger partial charge in [-0.25, -0.2) is 18.2 Å². The molecule has 0 spiro atoms. The number of aliphatic carboxylic acids is 1. The molecule has 1 atom stereocenters. The molecule has 0 bridgehead atoms. The van der Waals surface area contributed by atoms with Crippen molar-refractivity contribution in [2.24, 2.45) is 5.16 Å². The fraction of sp³-hybridized carbons (Fsp3) is 0.429. The van der Waals surface area contributed by atoms with Gasteiger partial charge in [0.2, 0.25) is 15.7 Å². The maximum Gasteiger partial charge on any atom is 0.345 e. The molecule has 1 aromatic heterocycles. The third-order valence-corrected chi connectivity index (χ3v) is 6.65. The van der Waals surface area contributed by atoms with Crippen LogP contribution < -0.4 is 15.4 Å². The Morgan fingerprint density at radius 2 is 1.97 bits per heavy atom. The van der Waals surface area contributed by atoms with E-state index in [0.717, 1.165) is 5.69 Å². The van der Waals surface area contributed by atoms with Crippen LogP contribution in [0.25, 0.3) is 0 Å². The van der Waals surface area contributed by atoms with E-state index in [0.29, 0.717) is 31.8 Å². The second-order valence-corrected chi connectivity index (χ2v) is 9.54. The number of hydrogen-bond donors (Lipinski definition) is 5. The molecule has 5 N–H and O–H groups in total. The van der Waals surface area contributed by atoms with Gasteiger partial charge in [0.05, 0.1) is 4.90 Å². The first-order chi connectivity index (χ1) is 16.2. The fourth-order valence-corrected chi connectivity index (χ4v) is 4.70. The van der Waals surface area contributed by atoms with Crippen LogP contribution in [-0.4, -0.2) is 59.9 Å². The number of aryl methyl sites for hydroxylation is 1. The van der Waals surface area contributed by atoms with E-state index < -0.39 is 27.6 Å². The van der Waals surface area contributed by atoms with Crippen LogP contribution in [0.1, 0.15) is 37.8 Å². The van der Waals surface area contributed by atoms with E-state index in [4.69, 9.17) is 4.84 Å². The number of amides is 1. The number of unbranched alkanes of at least 4 members (excludes halogenated alkanes) is 2. The summed E-state index contributed by atoms with van der Waals surface area (Å²) in [7, 11) is -4.25. The van der Waals surface area contributed by atoms with Crippen LogP contribution >= 0.6 is 0 Å². The number of aromatic amines is 1. The zero-order valence-electron chi connectivity index (χ0n) is 18.7. The molecule has 3 rings (SSSR count). The lowest BCUT2D eigenvalue weighted by atomic mass is 10.0. The molecule has 1 unspecified atom stereocenters. The average molecular weight is 493 g/mol. The Bertz CT molecular complexity index is 1130. The van der Waals surface area contributed by atoms with Crippen molar-refractivity contribution in [3.8, 4) is 0 Å². The number of oxime groups is 1. The van der Waals surface area contributed by atoms with E-state index in [1.165, 1.54) is 24.3 Å². The van der Waals surface area contributed by atoms with E-state index in [2.05, 4.69) is 30.5 Å². The number of carboxylic acids is 1. The van der Waals surface area contributed by atoms with Crippen LogP contribution in [-0.2, 0) is 24.4 Å². The van der Waals surface area contributed by atoms with Crippen LogP contribution in [0.15, 0.2) is 46.6 Å². The van der Waals surface area contributed by atoms with Crippen LogP contribution in [0.4, 0.5) is 5.95 Å². The molecule has 184 valence electrons. The van der Waals surface area contributed by atoms with Gasteiger partial charge < -0.3 is 25.6 Å². The minimum absolute atomic E-state index is 0.00229. The highest BCUT2D eigenvalue weighted by Crippen LogP contribution is 2.19. The number of nitrogens with zero attached hydrogens (tertiary/aromatic N) is 2. The highest BCUT2D eigenvalue weighted by Gasteiger charge is 2.44. The lowest BCUT2D eigenvalue weighted by Gasteiger charge is -2.31. The second kappa shape index (κ2) is 11.1. The normalized spacial score (nSPS) is 15.1. The molecule has 2 aromatic rings. The predicted octanol–water partition coefficient (Wildman–Crippen LogP) is 1.34. The lowest BCUT2D eigenvalue weighted by Crippen LogP contribution is -2.66. The van der Waals surface area contributed by atoms with Crippen molar-refractivity contribution in [1.29, 1.82) is 0 Å². The number of imidazole rings is 1. The summed E-state index contributed by atoms with van der Waals surface area (Å²) < 4.78 is 28.1. The van der Waals surface area contributed by atoms with Gasteiger partial charge in [-0.05, 0) is 38.3 Å². The molecule has 0 fully saturated rings. The van der Waals surface area contributed by atoms with Gasteiger partial charge in [0.15, 0.2) is 5.95 Å². The minimum Gasteiger partial charge on any atom is -0.478 e. The van der Waals surface area contributed by atoms with E-state index >= 15 is 0 Å². The van der Waals surface area contributed by atoms with Crippen LogP contribution in [0.2, 0.25) is 0 Å². The van der Waals surface area contributed by atoms with Crippen LogP contribution in [0.3, 0.4) is 0 Å². The van der Waals surface area contributed by atoms with Gasteiger partial charge in [-0.1, -0.05) is 29.8 Å². The Hall–Kier alpha value is -3.45. The number of carbonyl (C=O) groups is 2. The Balaban J connectivity index is 1.70. The minimum atomic E-state index is -4.25. The summed E-state index contributed by atoms with van der Waals surface area (Å²) >= 11 is 0. The van der Waals surface area contributed by atoms with Crippen molar-refractivity contribution in [3.63, 3.8) is 0 Å². The van der Waals surface area contributed by atoms with Gasteiger partial charge in [0.1, 0.15) is 12.3 Å². The number of sulfonamides is 1. The first kappa shape index (κ1) is 25.2. The number of H-pyrrole nitrogens is 1. The largest absolute Gasteiger partial charge is 0.478 e. The fourth-order valence-electron chi connectivity index (χ4n) is 3.36. The lowest BCUT2D eigenvalue weighted by molar-refractivity contribution is -0.148. The SMILES string of the molecule is Cc1cnc(NCCCCCC(NC(=O)C2=NOCC2)(NS(=O)(=O)c2ccccc2)C(=O)O)[nH]1. The van der Waals surface area contributed by atoms with Gasteiger partial charge in [0.25, 0.3) is 5.91 Å². The first-order valence-electron chi connectivity index (χ1n) is 10.8. The summed E-state index contributed by atoms with van der Waals surface area (Å²) in [5, 5.41) is 19.1. The number of carbonyl (C=O) groups excluding carboxylic acids is 1. The quantitative estimate of drug-likeness (QED) is 0.206. The van der Waals surface area contributed by atoms with Crippen molar-refractivity contribution in [2.75, 3.05) is 18.5 Å². The number of benzene rings is 1. The highest BCUT2D eigenvalue weighted by atomic mass is 32.2. The standard InChI is InChI=1S/C21H28N6O6S/c1-15-14-23-20(24-15)22-12-7-3-6-11-21(19(29)30,25-18(28)17-10-13-33-26-17)27-34(31,32)16-8-4-2-5-9-16/h2,4-5,8-9,14,27H,3,6-7,10-13H2,1H3,(H,25,28)(H,29,30)(H2,22,23,24). The summed E-state index contributed by atoms with van der Waals surface area (Å²) in [4.78, 5) is 36.9. The summed E-state index contributed by atoms with van der Waals surface area (Å²) in [5.41, 5.74) is -1.34. The molecule has 1 aromatic carbocycles. The maximum absolute atomic E-state index is 12.9. The Morgan fingerprint density at radius 3 is 2.59 bits per heavy atom. The van der Waals surface area contributed by atoms with Crippen LogP contribution in [0, 0.1) is 6.92 Å². The zero-order chi connectivity index (χ0) is 24.6. The Labute approximate surface area is 197 Å².